The van der Waals surface area contributed by atoms with Gasteiger partial charge in [-0.05, 0) is 30.5 Å². The summed E-state index contributed by atoms with van der Waals surface area (Å²) in [6, 6.07) is 9.80. The minimum atomic E-state index is -0.282. The second-order valence-electron chi connectivity index (χ2n) is 7.01. The number of aryl methyl sites for hydroxylation is 1. The highest BCUT2D eigenvalue weighted by Crippen LogP contribution is 2.52. The molecule has 0 saturated heterocycles. The molecule has 8 heteroatoms. The van der Waals surface area contributed by atoms with Crippen molar-refractivity contribution in [1.82, 2.24) is 24.4 Å². The quantitative estimate of drug-likeness (QED) is 0.538. The Hall–Kier alpha value is -3.19. The normalized spacial score (nSPS) is 14.9. The van der Waals surface area contributed by atoms with Gasteiger partial charge in [0.2, 0.25) is 0 Å². The molecular weight excluding hydrogens is 376 g/mol. The Morgan fingerprint density at radius 2 is 2.14 bits per heavy atom. The molecule has 0 atom stereocenters. The van der Waals surface area contributed by atoms with E-state index in [1.165, 1.54) is 6.20 Å². The minimum Gasteiger partial charge on any atom is -0.319 e. The maximum atomic E-state index is 12.9. The Kier molecular flexibility index (Phi) is 3.73. The van der Waals surface area contributed by atoms with Gasteiger partial charge in [-0.3, -0.25) is 9.48 Å². The summed E-state index contributed by atoms with van der Waals surface area (Å²) in [4.78, 5) is 16.8. The van der Waals surface area contributed by atoms with Crippen LogP contribution in [0.1, 0.15) is 28.8 Å². The summed E-state index contributed by atoms with van der Waals surface area (Å²) < 4.78 is 3.25. The lowest BCUT2D eigenvalue weighted by molar-refractivity contribution is 0.102. The topological polar surface area (TPSA) is 77.1 Å². The van der Waals surface area contributed by atoms with Gasteiger partial charge >= 0.3 is 0 Å². The van der Waals surface area contributed by atoms with Gasteiger partial charge in [0.05, 0.1) is 16.8 Å². The van der Waals surface area contributed by atoms with Crippen LogP contribution in [0, 0.1) is 0 Å². The number of hydrogen-bond donors (Lipinski definition) is 1. The number of anilines is 1. The molecule has 1 aliphatic rings. The lowest BCUT2D eigenvalue weighted by Gasteiger charge is -2.09. The summed E-state index contributed by atoms with van der Waals surface area (Å²) in [7, 11) is 1.82. The molecule has 0 spiro atoms. The number of amides is 1. The van der Waals surface area contributed by atoms with Crippen LogP contribution in [0.2, 0.25) is 0 Å². The van der Waals surface area contributed by atoms with Gasteiger partial charge in [-0.1, -0.05) is 18.2 Å². The first kappa shape index (κ1) is 16.9. The molecule has 4 aromatic rings. The maximum Gasteiger partial charge on any atom is 0.261 e. The van der Waals surface area contributed by atoms with Crippen molar-refractivity contribution in [3.63, 3.8) is 0 Å². The summed E-state index contributed by atoms with van der Waals surface area (Å²) in [6.45, 7) is 0. The zero-order chi connectivity index (χ0) is 19.3. The fourth-order valence-corrected chi connectivity index (χ4v) is 3.53. The van der Waals surface area contributed by atoms with Crippen molar-refractivity contribution in [2.75, 3.05) is 5.32 Å². The number of rotatable bonds is 4. The number of nitrogens with one attached hydrogen (secondary N) is 1. The Morgan fingerprint density at radius 1 is 1.29 bits per heavy atom. The Morgan fingerprint density at radius 3 is 2.96 bits per heavy atom. The summed E-state index contributed by atoms with van der Waals surface area (Å²) >= 11 is 6.57. The summed E-state index contributed by atoms with van der Waals surface area (Å²) in [5.41, 5.74) is 4.23. The first-order valence-corrected chi connectivity index (χ1v) is 9.34. The third-order valence-electron chi connectivity index (χ3n) is 4.94. The summed E-state index contributed by atoms with van der Waals surface area (Å²) in [5.74, 6) is -0.282. The molecule has 0 bridgehead atoms. The minimum absolute atomic E-state index is 0.253. The molecule has 1 saturated carbocycles. The highest BCUT2D eigenvalue weighted by molar-refractivity contribution is 6.26. The van der Waals surface area contributed by atoms with Crippen molar-refractivity contribution in [3.8, 4) is 11.3 Å². The second-order valence-corrected chi connectivity index (χ2v) is 7.73. The van der Waals surface area contributed by atoms with Crippen molar-refractivity contribution in [2.45, 2.75) is 17.7 Å². The van der Waals surface area contributed by atoms with E-state index in [1.54, 1.807) is 33.9 Å². The van der Waals surface area contributed by atoms with Crippen molar-refractivity contribution < 1.29 is 4.79 Å². The molecule has 3 heterocycles. The average Bonchev–Trinajstić information content (AvgIpc) is 3.14. The van der Waals surface area contributed by atoms with E-state index in [1.807, 2.05) is 25.2 Å². The lowest BCUT2D eigenvalue weighted by atomic mass is 10.0. The van der Waals surface area contributed by atoms with Crippen molar-refractivity contribution >= 4 is 28.8 Å². The summed E-state index contributed by atoms with van der Waals surface area (Å²) in [6.07, 6.45) is 8.64. The number of fused-ring (bicyclic) bond motifs is 1. The monoisotopic (exact) mass is 392 g/mol. The van der Waals surface area contributed by atoms with Crippen LogP contribution in [0.3, 0.4) is 0 Å². The number of benzene rings is 1. The predicted octanol–water partition coefficient (Wildman–Crippen LogP) is 3.61. The predicted molar refractivity (Wildman–Crippen MR) is 106 cm³/mol. The molecule has 0 aliphatic heterocycles. The third kappa shape index (κ3) is 2.84. The van der Waals surface area contributed by atoms with Gasteiger partial charge in [-0.25, -0.2) is 9.50 Å². The smallest absolute Gasteiger partial charge is 0.261 e. The van der Waals surface area contributed by atoms with Crippen LogP contribution in [0.5, 0.6) is 0 Å². The van der Waals surface area contributed by atoms with Crippen LogP contribution in [-0.4, -0.2) is 30.3 Å². The molecule has 5 rings (SSSR count). The summed E-state index contributed by atoms with van der Waals surface area (Å²) in [5, 5.41) is 11.7. The number of carbonyl (C=O) groups excluding carboxylic acids is 1. The van der Waals surface area contributed by atoms with Crippen LogP contribution in [0.25, 0.3) is 16.9 Å². The molecule has 140 valence electrons. The van der Waals surface area contributed by atoms with E-state index in [0.29, 0.717) is 22.6 Å². The fourth-order valence-electron chi connectivity index (χ4n) is 3.31. The Balaban J connectivity index is 1.50. The number of aromatic nitrogens is 5. The molecule has 1 amide bonds. The van der Waals surface area contributed by atoms with Gasteiger partial charge < -0.3 is 5.32 Å². The van der Waals surface area contributed by atoms with Crippen molar-refractivity contribution in [2.24, 2.45) is 7.05 Å². The van der Waals surface area contributed by atoms with Gasteiger partial charge in [0, 0.05) is 31.2 Å². The first-order valence-electron chi connectivity index (χ1n) is 8.97. The zero-order valence-corrected chi connectivity index (χ0v) is 15.9. The van der Waals surface area contributed by atoms with E-state index >= 15 is 0 Å². The number of nitrogens with zero attached hydrogens (tertiary/aromatic N) is 5. The first-order chi connectivity index (χ1) is 13.5. The lowest BCUT2D eigenvalue weighted by Crippen LogP contribution is -2.12. The second kappa shape index (κ2) is 6.17. The number of carbonyl (C=O) groups is 1. The van der Waals surface area contributed by atoms with Crippen LogP contribution >= 0.6 is 11.6 Å². The molecule has 1 aromatic carbocycles. The number of hydrogen-bond acceptors (Lipinski definition) is 4. The van der Waals surface area contributed by atoms with Gasteiger partial charge in [0.25, 0.3) is 5.91 Å². The molecule has 1 aliphatic carbocycles. The molecule has 0 radical (unpaired) electrons. The molecule has 0 unspecified atom stereocenters. The van der Waals surface area contributed by atoms with E-state index in [4.69, 9.17) is 11.6 Å². The molecule has 1 fully saturated rings. The van der Waals surface area contributed by atoms with E-state index in [0.717, 1.165) is 24.0 Å². The van der Waals surface area contributed by atoms with Gasteiger partial charge in [0.15, 0.2) is 5.65 Å². The van der Waals surface area contributed by atoms with Crippen LogP contribution in [0.4, 0.5) is 5.69 Å². The number of halogens is 1. The van der Waals surface area contributed by atoms with Crippen LogP contribution in [-0.2, 0) is 11.9 Å². The van der Waals surface area contributed by atoms with Gasteiger partial charge in [-0.2, -0.15) is 10.2 Å². The van der Waals surface area contributed by atoms with Crippen LogP contribution < -0.4 is 5.32 Å². The van der Waals surface area contributed by atoms with Gasteiger partial charge in [-0.15, -0.1) is 11.6 Å². The van der Waals surface area contributed by atoms with Crippen molar-refractivity contribution in [3.05, 3.63) is 66.2 Å². The van der Waals surface area contributed by atoms with E-state index in [9.17, 15) is 4.79 Å². The zero-order valence-electron chi connectivity index (χ0n) is 15.1. The van der Waals surface area contributed by atoms with E-state index in [2.05, 4.69) is 26.6 Å². The fraction of sp³-hybridized carbons (Fsp3) is 0.200. The maximum absolute atomic E-state index is 12.9. The molecular formula is C20H17ClN6O. The van der Waals surface area contributed by atoms with E-state index < -0.39 is 0 Å². The van der Waals surface area contributed by atoms with Crippen molar-refractivity contribution in [1.29, 1.82) is 0 Å². The largest absolute Gasteiger partial charge is 0.319 e. The molecule has 28 heavy (non-hydrogen) atoms. The molecule has 7 nitrogen and oxygen atoms in total. The molecule has 1 N–H and O–H groups in total. The Labute approximate surface area is 166 Å². The Bertz CT molecular complexity index is 1210. The average molecular weight is 393 g/mol. The van der Waals surface area contributed by atoms with E-state index in [-0.39, 0.29) is 10.8 Å². The van der Waals surface area contributed by atoms with Gasteiger partial charge in [0.1, 0.15) is 11.3 Å². The SMILES string of the molecule is Cn1cc(NC(=O)c2cnn3cccnc23)c(-c2cccc(C3(Cl)CC3)c2)n1. The highest BCUT2D eigenvalue weighted by Gasteiger charge is 2.42. The van der Waals surface area contributed by atoms with Crippen LogP contribution in [0.15, 0.2) is 55.1 Å². The number of alkyl halides is 1. The standard InChI is InChI=1S/C20H17ClN6O/c1-26-12-16(24-19(28)15-11-23-27-9-3-8-22-18(15)27)17(25-26)13-4-2-5-14(10-13)20(21)6-7-20/h2-5,8-12H,6-7H2,1H3,(H,24,28). The third-order valence-corrected chi connectivity index (χ3v) is 5.54. The highest BCUT2D eigenvalue weighted by atomic mass is 35.5. The molecule has 3 aromatic heterocycles.